The van der Waals surface area contributed by atoms with Gasteiger partial charge in [-0.25, -0.2) is 17.5 Å². The third-order valence-electron chi connectivity index (χ3n) is 2.28. The molecule has 0 atom stereocenters. The van der Waals surface area contributed by atoms with E-state index < -0.39 is 20.7 Å². The second-order valence-corrected chi connectivity index (χ2v) is 5.46. The number of anilines is 1. The van der Waals surface area contributed by atoms with Gasteiger partial charge in [-0.1, -0.05) is 6.07 Å². The molecule has 0 heterocycles. The van der Waals surface area contributed by atoms with Gasteiger partial charge < -0.3 is 11.1 Å². The summed E-state index contributed by atoms with van der Waals surface area (Å²) in [4.78, 5) is 10.6. The van der Waals surface area contributed by atoms with Crippen LogP contribution in [-0.4, -0.2) is 27.4 Å². The van der Waals surface area contributed by atoms with E-state index in [0.717, 1.165) is 6.07 Å². The van der Waals surface area contributed by atoms with E-state index >= 15 is 0 Å². The Morgan fingerprint density at radius 1 is 1.42 bits per heavy atom. The summed E-state index contributed by atoms with van der Waals surface area (Å²) in [5.41, 5.74) is 5.27. The van der Waals surface area contributed by atoms with Gasteiger partial charge in [-0.2, -0.15) is 0 Å². The minimum absolute atomic E-state index is 0.0264. The molecule has 1 rings (SSSR count). The normalized spacial score (nSPS) is 11.3. The molecule has 19 heavy (non-hydrogen) atoms. The molecule has 1 aromatic rings. The zero-order valence-electron chi connectivity index (χ0n) is 10.4. The third kappa shape index (κ3) is 4.18. The van der Waals surface area contributed by atoms with Crippen molar-refractivity contribution >= 4 is 21.6 Å². The lowest BCUT2D eigenvalue weighted by atomic mass is 10.3. The van der Waals surface area contributed by atoms with Crippen molar-refractivity contribution in [3.8, 4) is 0 Å². The molecule has 8 heteroatoms. The van der Waals surface area contributed by atoms with Crippen LogP contribution < -0.4 is 15.8 Å². The van der Waals surface area contributed by atoms with Crippen LogP contribution >= 0.6 is 0 Å². The molecule has 106 valence electrons. The molecule has 0 saturated heterocycles. The summed E-state index contributed by atoms with van der Waals surface area (Å²) >= 11 is 0. The molecule has 0 aliphatic rings. The molecule has 0 spiro atoms. The number of sulfonamides is 1. The second kappa shape index (κ2) is 6.48. The van der Waals surface area contributed by atoms with Gasteiger partial charge >= 0.3 is 0 Å². The van der Waals surface area contributed by atoms with E-state index in [9.17, 15) is 17.6 Å². The van der Waals surface area contributed by atoms with Crippen LogP contribution in [0.3, 0.4) is 0 Å². The molecule has 0 aromatic heterocycles. The molecule has 6 nitrogen and oxygen atoms in total. The van der Waals surface area contributed by atoms with Crippen molar-refractivity contribution in [1.82, 2.24) is 10.0 Å². The predicted octanol–water partition coefficient (Wildman–Crippen LogP) is 0.212. The minimum Gasteiger partial charge on any atom is -0.398 e. The quantitative estimate of drug-likeness (QED) is 0.652. The number of rotatable bonds is 6. The fraction of sp³-hybridized carbons (Fsp3) is 0.364. The van der Waals surface area contributed by atoms with E-state index in [1.54, 1.807) is 6.92 Å². The Labute approximate surface area is 111 Å². The summed E-state index contributed by atoms with van der Waals surface area (Å²) in [7, 11) is -4.06. The first-order chi connectivity index (χ1) is 8.88. The highest BCUT2D eigenvalue weighted by molar-refractivity contribution is 7.89. The molecular weight excluding hydrogens is 273 g/mol. The smallest absolute Gasteiger partial charge is 0.245 e. The monoisotopic (exact) mass is 289 g/mol. The van der Waals surface area contributed by atoms with Gasteiger partial charge in [-0.15, -0.1) is 0 Å². The number of nitrogens with two attached hydrogens (primary N) is 1. The summed E-state index contributed by atoms with van der Waals surface area (Å²) < 4.78 is 39.3. The molecular formula is C11H16FN3O3S. The largest absolute Gasteiger partial charge is 0.398 e. The van der Waals surface area contributed by atoms with Gasteiger partial charge in [0.1, 0.15) is 10.7 Å². The summed E-state index contributed by atoms with van der Waals surface area (Å²) in [6, 6.07) is 3.62. The van der Waals surface area contributed by atoms with Crippen molar-refractivity contribution in [2.75, 3.05) is 18.8 Å². The van der Waals surface area contributed by atoms with Crippen molar-refractivity contribution in [3.63, 3.8) is 0 Å². The first-order valence-corrected chi connectivity index (χ1v) is 7.17. The maximum atomic E-state index is 13.5. The Kier molecular flexibility index (Phi) is 5.25. The Hall–Kier alpha value is -1.67. The lowest BCUT2D eigenvalue weighted by Gasteiger charge is -2.09. The Morgan fingerprint density at radius 2 is 2.11 bits per heavy atom. The first-order valence-electron chi connectivity index (χ1n) is 5.69. The third-order valence-corrected chi connectivity index (χ3v) is 3.84. The van der Waals surface area contributed by atoms with Gasteiger partial charge in [0.15, 0.2) is 0 Å². The van der Waals surface area contributed by atoms with Crippen LogP contribution in [0.4, 0.5) is 10.1 Å². The topological polar surface area (TPSA) is 101 Å². The van der Waals surface area contributed by atoms with Crippen LogP contribution in [0.2, 0.25) is 0 Å². The highest BCUT2D eigenvalue weighted by Crippen LogP contribution is 2.21. The summed E-state index contributed by atoms with van der Waals surface area (Å²) in [6.45, 7) is 2.09. The molecule has 0 unspecified atom stereocenters. The van der Waals surface area contributed by atoms with Gasteiger partial charge in [0.05, 0.1) is 5.69 Å². The van der Waals surface area contributed by atoms with Crippen molar-refractivity contribution in [2.24, 2.45) is 0 Å². The standard InChI is InChI=1S/C11H16FN3O3S/c1-2-14-10(16)6-7-15-19(17,18)11-8(12)4-3-5-9(11)13/h3-5,15H,2,6-7,13H2,1H3,(H,14,16). The molecule has 0 bridgehead atoms. The van der Waals surface area contributed by atoms with E-state index in [1.807, 2.05) is 0 Å². The fourth-order valence-electron chi connectivity index (χ4n) is 1.47. The summed E-state index contributed by atoms with van der Waals surface area (Å²) in [5.74, 6) is -1.21. The number of nitrogens with one attached hydrogen (secondary N) is 2. The number of halogens is 1. The van der Waals surface area contributed by atoms with Gasteiger partial charge in [0, 0.05) is 19.5 Å². The van der Waals surface area contributed by atoms with Gasteiger partial charge in [0.2, 0.25) is 15.9 Å². The van der Waals surface area contributed by atoms with Crippen LogP contribution in [0.5, 0.6) is 0 Å². The Morgan fingerprint density at radius 3 is 2.68 bits per heavy atom. The number of benzene rings is 1. The molecule has 0 aliphatic heterocycles. The van der Waals surface area contributed by atoms with Gasteiger partial charge in [-0.3, -0.25) is 4.79 Å². The minimum atomic E-state index is -4.06. The highest BCUT2D eigenvalue weighted by Gasteiger charge is 2.21. The molecule has 0 saturated carbocycles. The molecule has 4 N–H and O–H groups in total. The molecule has 1 amide bonds. The lowest BCUT2D eigenvalue weighted by Crippen LogP contribution is -2.31. The van der Waals surface area contributed by atoms with E-state index in [0.29, 0.717) is 6.54 Å². The Bertz CT molecular complexity index is 540. The van der Waals surface area contributed by atoms with Crippen LogP contribution in [0.15, 0.2) is 23.1 Å². The number of hydrogen-bond acceptors (Lipinski definition) is 4. The van der Waals surface area contributed by atoms with Crippen molar-refractivity contribution < 1.29 is 17.6 Å². The number of carbonyl (C=O) groups excluding carboxylic acids is 1. The highest BCUT2D eigenvalue weighted by atomic mass is 32.2. The maximum Gasteiger partial charge on any atom is 0.245 e. The number of hydrogen-bond donors (Lipinski definition) is 3. The molecule has 0 fully saturated rings. The van der Waals surface area contributed by atoms with Crippen LogP contribution in [0.1, 0.15) is 13.3 Å². The number of amides is 1. The molecule has 1 aromatic carbocycles. The number of nitrogen functional groups attached to an aromatic ring is 1. The zero-order valence-corrected chi connectivity index (χ0v) is 11.3. The van der Waals surface area contributed by atoms with Crippen LogP contribution in [0, 0.1) is 5.82 Å². The van der Waals surface area contributed by atoms with Gasteiger partial charge in [-0.05, 0) is 19.1 Å². The molecule has 0 radical (unpaired) electrons. The first kappa shape index (κ1) is 15.4. The van der Waals surface area contributed by atoms with E-state index in [1.165, 1.54) is 12.1 Å². The average Bonchev–Trinajstić information content (AvgIpc) is 2.28. The fourth-order valence-corrected chi connectivity index (χ4v) is 2.68. The predicted molar refractivity (Wildman–Crippen MR) is 69.3 cm³/mol. The van der Waals surface area contributed by atoms with Gasteiger partial charge in [0.25, 0.3) is 0 Å². The van der Waals surface area contributed by atoms with Crippen molar-refractivity contribution in [3.05, 3.63) is 24.0 Å². The van der Waals surface area contributed by atoms with Crippen LogP contribution in [-0.2, 0) is 14.8 Å². The second-order valence-electron chi connectivity index (χ2n) is 3.76. The SMILES string of the molecule is CCNC(=O)CCNS(=O)(=O)c1c(N)cccc1F. The average molecular weight is 289 g/mol. The number of carbonyl (C=O) groups is 1. The van der Waals surface area contributed by atoms with Crippen molar-refractivity contribution in [1.29, 1.82) is 0 Å². The van der Waals surface area contributed by atoms with E-state index in [4.69, 9.17) is 5.73 Å². The maximum absolute atomic E-state index is 13.5. The lowest BCUT2D eigenvalue weighted by molar-refractivity contribution is -0.120. The molecule has 0 aliphatic carbocycles. The summed E-state index contributed by atoms with van der Waals surface area (Å²) in [5, 5.41) is 2.52. The van der Waals surface area contributed by atoms with Crippen molar-refractivity contribution in [2.45, 2.75) is 18.2 Å². The van der Waals surface area contributed by atoms with E-state index in [-0.39, 0.29) is 24.6 Å². The Balaban J connectivity index is 2.74. The van der Waals surface area contributed by atoms with Crippen LogP contribution in [0.25, 0.3) is 0 Å². The van der Waals surface area contributed by atoms with E-state index in [2.05, 4.69) is 10.0 Å². The zero-order chi connectivity index (χ0) is 14.5. The summed E-state index contributed by atoms with van der Waals surface area (Å²) in [6.07, 6.45) is -0.0264.